The Kier molecular flexibility index (Phi) is 6.18. The van der Waals surface area contributed by atoms with Crippen LogP contribution in [0, 0.1) is 11.7 Å². The van der Waals surface area contributed by atoms with Crippen LogP contribution in [-0.4, -0.2) is 19.1 Å². The normalized spacial score (nSPS) is 11.4. The van der Waals surface area contributed by atoms with E-state index < -0.39 is 5.41 Å². The lowest BCUT2D eigenvalue weighted by Crippen LogP contribution is -2.37. The molecule has 0 heterocycles. The summed E-state index contributed by atoms with van der Waals surface area (Å²) in [6, 6.07) is 13.7. The maximum atomic E-state index is 14.0. The Hall–Kier alpha value is -2.36. The largest absolute Gasteiger partial charge is 0.493 e. The maximum Gasteiger partial charge on any atom is 0.251 e. The molecule has 1 amide bonds. The number of amides is 1. The summed E-state index contributed by atoms with van der Waals surface area (Å²) in [6.07, 6.45) is 0. The van der Waals surface area contributed by atoms with Crippen molar-refractivity contribution >= 4 is 5.91 Å². The van der Waals surface area contributed by atoms with Crippen LogP contribution in [0.5, 0.6) is 5.75 Å². The molecule has 0 spiro atoms. The van der Waals surface area contributed by atoms with E-state index in [9.17, 15) is 9.18 Å². The third kappa shape index (κ3) is 5.31. The van der Waals surface area contributed by atoms with Gasteiger partial charge in [-0.25, -0.2) is 4.39 Å². The SMILES string of the molecule is CC(C)COc1ccc(C(=O)NCC(C)(C)c2ccccc2F)cc1. The van der Waals surface area contributed by atoms with Gasteiger partial charge in [0, 0.05) is 17.5 Å². The first kappa shape index (κ1) is 19.0. The highest BCUT2D eigenvalue weighted by Crippen LogP contribution is 2.25. The fraction of sp³-hybridized carbons (Fsp3) is 0.381. The zero-order valence-electron chi connectivity index (χ0n) is 15.3. The standard InChI is InChI=1S/C21H26FNO2/c1-15(2)13-25-17-11-9-16(10-12-17)20(24)23-14-21(3,4)18-7-5-6-8-19(18)22/h5-12,15H,13-14H2,1-4H3,(H,23,24). The molecule has 0 unspecified atom stereocenters. The molecule has 2 aromatic rings. The van der Waals surface area contributed by atoms with Gasteiger partial charge in [0.2, 0.25) is 0 Å². The third-order valence-corrected chi connectivity index (χ3v) is 3.99. The number of hydrogen-bond acceptors (Lipinski definition) is 2. The van der Waals surface area contributed by atoms with Crippen molar-refractivity contribution in [3.63, 3.8) is 0 Å². The second kappa shape index (κ2) is 8.15. The molecule has 134 valence electrons. The Morgan fingerprint density at radius 1 is 1.12 bits per heavy atom. The van der Waals surface area contributed by atoms with Crippen molar-refractivity contribution in [3.05, 3.63) is 65.5 Å². The fourth-order valence-corrected chi connectivity index (χ4v) is 2.47. The van der Waals surface area contributed by atoms with Crippen LogP contribution in [0.25, 0.3) is 0 Å². The molecule has 0 saturated heterocycles. The van der Waals surface area contributed by atoms with Crippen molar-refractivity contribution in [2.45, 2.75) is 33.1 Å². The molecular weight excluding hydrogens is 317 g/mol. The molecule has 4 heteroatoms. The van der Waals surface area contributed by atoms with E-state index in [1.807, 2.05) is 13.8 Å². The number of ether oxygens (including phenoxy) is 1. The van der Waals surface area contributed by atoms with Crippen molar-refractivity contribution < 1.29 is 13.9 Å². The molecule has 0 saturated carbocycles. The van der Waals surface area contributed by atoms with Gasteiger partial charge in [-0.3, -0.25) is 4.79 Å². The first-order valence-electron chi connectivity index (χ1n) is 8.55. The summed E-state index contributed by atoms with van der Waals surface area (Å²) in [5, 5.41) is 2.89. The van der Waals surface area contributed by atoms with Gasteiger partial charge in [0.1, 0.15) is 11.6 Å². The van der Waals surface area contributed by atoms with Gasteiger partial charge in [-0.05, 0) is 41.8 Å². The summed E-state index contributed by atoms with van der Waals surface area (Å²) in [6.45, 7) is 8.97. The third-order valence-electron chi connectivity index (χ3n) is 3.99. The predicted octanol–water partition coefficient (Wildman–Crippen LogP) is 4.57. The van der Waals surface area contributed by atoms with E-state index in [2.05, 4.69) is 19.2 Å². The van der Waals surface area contributed by atoms with E-state index in [-0.39, 0.29) is 11.7 Å². The summed E-state index contributed by atoms with van der Waals surface area (Å²) in [5.74, 6) is 0.758. The van der Waals surface area contributed by atoms with Crippen molar-refractivity contribution in [2.75, 3.05) is 13.2 Å². The van der Waals surface area contributed by atoms with Gasteiger partial charge < -0.3 is 10.1 Å². The average molecular weight is 343 g/mol. The zero-order valence-corrected chi connectivity index (χ0v) is 15.3. The second-order valence-corrected chi connectivity index (χ2v) is 7.28. The van der Waals surface area contributed by atoms with Gasteiger partial charge in [0.15, 0.2) is 0 Å². The average Bonchev–Trinajstić information content (AvgIpc) is 2.58. The van der Waals surface area contributed by atoms with Gasteiger partial charge in [0.05, 0.1) is 6.61 Å². The lowest BCUT2D eigenvalue weighted by molar-refractivity contribution is 0.0945. The predicted molar refractivity (Wildman–Crippen MR) is 98.5 cm³/mol. The van der Waals surface area contributed by atoms with Gasteiger partial charge in [-0.1, -0.05) is 45.9 Å². The van der Waals surface area contributed by atoms with E-state index in [1.165, 1.54) is 6.07 Å². The highest BCUT2D eigenvalue weighted by Gasteiger charge is 2.24. The quantitative estimate of drug-likeness (QED) is 0.800. The number of carbonyl (C=O) groups excluding carboxylic acids is 1. The van der Waals surface area contributed by atoms with Crippen LogP contribution < -0.4 is 10.1 Å². The fourth-order valence-electron chi connectivity index (χ4n) is 2.47. The van der Waals surface area contributed by atoms with E-state index >= 15 is 0 Å². The number of hydrogen-bond donors (Lipinski definition) is 1. The number of nitrogens with one attached hydrogen (secondary N) is 1. The van der Waals surface area contributed by atoms with Crippen LogP contribution in [0.2, 0.25) is 0 Å². The molecule has 0 aliphatic heterocycles. The molecule has 0 radical (unpaired) electrons. The van der Waals surface area contributed by atoms with Crippen LogP contribution in [-0.2, 0) is 5.41 Å². The minimum atomic E-state index is -0.499. The molecule has 0 aromatic heterocycles. The van der Waals surface area contributed by atoms with E-state index in [0.29, 0.717) is 30.2 Å². The Morgan fingerprint density at radius 3 is 2.36 bits per heavy atom. The number of rotatable bonds is 7. The van der Waals surface area contributed by atoms with Gasteiger partial charge in [-0.2, -0.15) is 0 Å². The molecule has 3 nitrogen and oxygen atoms in total. The first-order valence-corrected chi connectivity index (χ1v) is 8.55. The maximum absolute atomic E-state index is 14.0. The van der Waals surface area contributed by atoms with Crippen molar-refractivity contribution in [2.24, 2.45) is 5.92 Å². The molecule has 2 rings (SSSR count). The monoisotopic (exact) mass is 343 g/mol. The van der Waals surface area contributed by atoms with Gasteiger partial charge in [-0.15, -0.1) is 0 Å². The van der Waals surface area contributed by atoms with Gasteiger partial charge in [0.25, 0.3) is 5.91 Å². The first-order chi connectivity index (χ1) is 11.8. The molecule has 0 fully saturated rings. The minimum Gasteiger partial charge on any atom is -0.493 e. The van der Waals surface area contributed by atoms with Crippen LogP contribution in [0.15, 0.2) is 48.5 Å². The van der Waals surface area contributed by atoms with Crippen LogP contribution in [0.4, 0.5) is 4.39 Å². The molecule has 1 N–H and O–H groups in total. The summed E-state index contributed by atoms with van der Waals surface area (Å²) in [5.41, 5.74) is 0.648. The Balaban J connectivity index is 1.96. The summed E-state index contributed by atoms with van der Waals surface area (Å²) < 4.78 is 19.6. The molecule has 2 aromatic carbocycles. The van der Waals surface area contributed by atoms with E-state index in [4.69, 9.17) is 4.74 Å². The second-order valence-electron chi connectivity index (χ2n) is 7.28. The molecule has 0 aliphatic carbocycles. The molecule has 0 bridgehead atoms. The Bertz CT molecular complexity index is 708. The van der Waals surface area contributed by atoms with E-state index in [1.54, 1.807) is 42.5 Å². The van der Waals surface area contributed by atoms with Crippen molar-refractivity contribution in [3.8, 4) is 5.75 Å². The highest BCUT2D eigenvalue weighted by molar-refractivity contribution is 5.94. The molecular formula is C21H26FNO2. The molecule has 25 heavy (non-hydrogen) atoms. The Labute approximate surface area is 149 Å². The van der Waals surface area contributed by atoms with Crippen LogP contribution in [0.1, 0.15) is 43.6 Å². The molecule has 0 aliphatic rings. The number of halogens is 1. The highest BCUT2D eigenvalue weighted by atomic mass is 19.1. The number of carbonyl (C=O) groups is 1. The van der Waals surface area contributed by atoms with Gasteiger partial charge >= 0.3 is 0 Å². The Morgan fingerprint density at radius 2 is 1.76 bits per heavy atom. The van der Waals surface area contributed by atoms with Crippen LogP contribution >= 0.6 is 0 Å². The lowest BCUT2D eigenvalue weighted by atomic mass is 9.84. The van der Waals surface area contributed by atoms with Crippen LogP contribution in [0.3, 0.4) is 0 Å². The summed E-state index contributed by atoms with van der Waals surface area (Å²) in [4.78, 5) is 12.3. The van der Waals surface area contributed by atoms with Crippen molar-refractivity contribution in [1.82, 2.24) is 5.32 Å². The minimum absolute atomic E-state index is 0.181. The number of benzene rings is 2. The molecule has 0 atom stereocenters. The van der Waals surface area contributed by atoms with Crippen molar-refractivity contribution in [1.29, 1.82) is 0 Å². The lowest BCUT2D eigenvalue weighted by Gasteiger charge is -2.26. The zero-order chi connectivity index (χ0) is 18.4. The summed E-state index contributed by atoms with van der Waals surface area (Å²) >= 11 is 0. The smallest absolute Gasteiger partial charge is 0.251 e. The topological polar surface area (TPSA) is 38.3 Å². The van der Waals surface area contributed by atoms with E-state index in [0.717, 1.165) is 5.75 Å². The summed E-state index contributed by atoms with van der Waals surface area (Å²) in [7, 11) is 0.